The fraction of sp³-hybridized carbons (Fsp3) is 0.588. The van der Waals surface area contributed by atoms with E-state index in [2.05, 4.69) is 5.32 Å². The second-order valence-electron chi connectivity index (χ2n) is 5.75. The average Bonchev–Trinajstić information content (AvgIpc) is 2.54. The summed E-state index contributed by atoms with van der Waals surface area (Å²) in [6, 6.07) is 5.92. The maximum atomic E-state index is 12.9. The van der Waals surface area contributed by atoms with Crippen molar-refractivity contribution in [1.29, 1.82) is 0 Å². The topological polar surface area (TPSA) is 47.6 Å². The van der Waals surface area contributed by atoms with E-state index in [1.165, 1.54) is 12.1 Å². The first-order valence-corrected chi connectivity index (χ1v) is 7.85. The van der Waals surface area contributed by atoms with Crippen LogP contribution < -0.4 is 5.32 Å². The number of carbonyl (C=O) groups excluding carboxylic acids is 1. The summed E-state index contributed by atoms with van der Waals surface area (Å²) in [5.74, 6) is -0.459. The van der Waals surface area contributed by atoms with Crippen LogP contribution in [-0.4, -0.2) is 31.3 Å². The lowest BCUT2D eigenvalue weighted by Crippen LogP contribution is -2.38. The third-order valence-corrected chi connectivity index (χ3v) is 3.90. The average molecular weight is 309 g/mol. The second-order valence-corrected chi connectivity index (χ2v) is 5.75. The predicted molar refractivity (Wildman–Crippen MR) is 82.0 cm³/mol. The van der Waals surface area contributed by atoms with E-state index in [0.717, 1.165) is 31.4 Å². The van der Waals surface area contributed by atoms with Gasteiger partial charge in [0.05, 0.1) is 18.8 Å². The highest BCUT2D eigenvalue weighted by atomic mass is 19.1. The minimum atomic E-state index is -0.534. The van der Waals surface area contributed by atoms with Gasteiger partial charge in [0.2, 0.25) is 5.91 Å². The first-order chi connectivity index (χ1) is 10.6. The Kier molecular flexibility index (Phi) is 6.34. The van der Waals surface area contributed by atoms with Crippen LogP contribution in [-0.2, 0) is 14.3 Å². The normalized spacial score (nSPS) is 21.1. The maximum Gasteiger partial charge on any atom is 0.249 e. The standard InChI is InChI=1S/C17H24FNO3/c1-12(14-6-8-15(18)9-7-14)19-17(20)13(2)22-11-16-5-3-4-10-21-16/h6-9,12-13,16H,3-5,10-11H2,1-2H3,(H,19,20)/t12-,13+,16-/m1/s1. The zero-order chi connectivity index (χ0) is 15.9. The van der Waals surface area contributed by atoms with Crippen molar-refractivity contribution in [1.82, 2.24) is 5.32 Å². The van der Waals surface area contributed by atoms with Crippen molar-refractivity contribution in [2.45, 2.75) is 51.4 Å². The van der Waals surface area contributed by atoms with Gasteiger partial charge in [0.1, 0.15) is 11.9 Å². The molecule has 1 N–H and O–H groups in total. The summed E-state index contributed by atoms with van der Waals surface area (Å²) in [5, 5.41) is 2.88. The molecule has 122 valence electrons. The SMILES string of the molecule is C[C@H](OC[C@H]1CCCCO1)C(=O)N[C@H](C)c1ccc(F)cc1. The van der Waals surface area contributed by atoms with Gasteiger partial charge in [-0.1, -0.05) is 12.1 Å². The highest BCUT2D eigenvalue weighted by molar-refractivity contribution is 5.80. The molecule has 1 aromatic carbocycles. The lowest BCUT2D eigenvalue weighted by molar-refractivity contribution is -0.136. The molecule has 0 spiro atoms. The van der Waals surface area contributed by atoms with E-state index >= 15 is 0 Å². The van der Waals surface area contributed by atoms with E-state index in [1.807, 2.05) is 6.92 Å². The third-order valence-electron chi connectivity index (χ3n) is 3.90. The summed E-state index contributed by atoms with van der Waals surface area (Å²) < 4.78 is 24.1. The molecular weight excluding hydrogens is 285 g/mol. The molecule has 4 nitrogen and oxygen atoms in total. The van der Waals surface area contributed by atoms with Gasteiger partial charge < -0.3 is 14.8 Å². The van der Waals surface area contributed by atoms with Gasteiger partial charge in [-0.25, -0.2) is 4.39 Å². The van der Waals surface area contributed by atoms with Gasteiger partial charge in [-0.3, -0.25) is 4.79 Å². The maximum absolute atomic E-state index is 12.9. The van der Waals surface area contributed by atoms with Gasteiger partial charge in [-0.15, -0.1) is 0 Å². The Morgan fingerprint density at radius 3 is 2.73 bits per heavy atom. The zero-order valence-electron chi connectivity index (χ0n) is 13.2. The second kappa shape index (κ2) is 8.25. The van der Waals surface area contributed by atoms with Crippen molar-refractivity contribution in [3.63, 3.8) is 0 Å². The van der Waals surface area contributed by atoms with E-state index in [4.69, 9.17) is 9.47 Å². The van der Waals surface area contributed by atoms with Gasteiger partial charge in [0.15, 0.2) is 0 Å². The molecule has 2 rings (SSSR count). The highest BCUT2D eigenvalue weighted by Gasteiger charge is 2.20. The Balaban J connectivity index is 1.76. The van der Waals surface area contributed by atoms with Gasteiger partial charge in [-0.05, 0) is 50.8 Å². The molecule has 1 amide bonds. The summed E-state index contributed by atoms with van der Waals surface area (Å²) in [5.41, 5.74) is 0.859. The molecule has 1 aliphatic rings. The minimum Gasteiger partial charge on any atom is -0.376 e. The lowest BCUT2D eigenvalue weighted by atomic mass is 10.1. The third kappa shape index (κ3) is 5.07. The van der Waals surface area contributed by atoms with Crippen molar-refractivity contribution in [3.05, 3.63) is 35.6 Å². The largest absolute Gasteiger partial charge is 0.376 e. The summed E-state index contributed by atoms with van der Waals surface area (Å²) in [6.45, 7) is 4.81. The van der Waals surface area contributed by atoms with Crippen LogP contribution in [0.5, 0.6) is 0 Å². The van der Waals surface area contributed by atoms with Crippen LogP contribution in [0.1, 0.15) is 44.7 Å². The molecule has 1 fully saturated rings. The summed E-state index contributed by atoms with van der Waals surface area (Å²) in [4.78, 5) is 12.1. The number of amides is 1. The quantitative estimate of drug-likeness (QED) is 0.879. The van der Waals surface area contributed by atoms with E-state index in [-0.39, 0.29) is 23.9 Å². The number of carbonyl (C=O) groups is 1. The molecule has 1 aliphatic heterocycles. The van der Waals surface area contributed by atoms with Crippen LogP contribution in [0.3, 0.4) is 0 Å². The van der Waals surface area contributed by atoms with E-state index in [1.54, 1.807) is 19.1 Å². The van der Waals surface area contributed by atoms with Crippen molar-refractivity contribution < 1.29 is 18.7 Å². The molecule has 22 heavy (non-hydrogen) atoms. The number of hydrogen-bond donors (Lipinski definition) is 1. The van der Waals surface area contributed by atoms with Crippen LogP contribution in [0.4, 0.5) is 4.39 Å². The number of nitrogens with one attached hydrogen (secondary N) is 1. The van der Waals surface area contributed by atoms with Crippen molar-refractivity contribution >= 4 is 5.91 Å². The number of ether oxygens (including phenoxy) is 2. The van der Waals surface area contributed by atoms with Crippen LogP contribution in [0.15, 0.2) is 24.3 Å². The monoisotopic (exact) mass is 309 g/mol. The zero-order valence-corrected chi connectivity index (χ0v) is 13.2. The van der Waals surface area contributed by atoms with Gasteiger partial charge in [-0.2, -0.15) is 0 Å². The lowest BCUT2D eigenvalue weighted by Gasteiger charge is -2.24. The Labute approximate surface area is 131 Å². The summed E-state index contributed by atoms with van der Waals surface area (Å²) in [6.07, 6.45) is 2.80. The van der Waals surface area contributed by atoms with Gasteiger partial charge >= 0.3 is 0 Å². The van der Waals surface area contributed by atoms with Gasteiger partial charge in [0, 0.05) is 6.61 Å². The molecule has 0 bridgehead atoms. The number of hydrogen-bond acceptors (Lipinski definition) is 3. The number of halogens is 1. The van der Waals surface area contributed by atoms with Crippen LogP contribution in [0.25, 0.3) is 0 Å². The molecule has 1 saturated heterocycles. The molecule has 3 atom stereocenters. The Hall–Kier alpha value is -1.46. The fourth-order valence-corrected chi connectivity index (χ4v) is 2.43. The van der Waals surface area contributed by atoms with Crippen LogP contribution in [0.2, 0.25) is 0 Å². The van der Waals surface area contributed by atoms with Crippen molar-refractivity contribution in [2.24, 2.45) is 0 Å². The summed E-state index contributed by atoms with van der Waals surface area (Å²) >= 11 is 0. The first-order valence-electron chi connectivity index (χ1n) is 7.85. The summed E-state index contributed by atoms with van der Waals surface area (Å²) in [7, 11) is 0. The molecule has 0 aromatic heterocycles. The molecule has 0 saturated carbocycles. The molecule has 1 aromatic rings. The number of rotatable bonds is 6. The van der Waals surface area contributed by atoms with Gasteiger partial charge in [0.25, 0.3) is 0 Å². The van der Waals surface area contributed by atoms with E-state index in [0.29, 0.717) is 6.61 Å². The Morgan fingerprint density at radius 1 is 1.36 bits per heavy atom. The Morgan fingerprint density at radius 2 is 2.09 bits per heavy atom. The van der Waals surface area contributed by atoms with Crippen LogP contribution in [0, 0.1) is 5.82 Å². The van der Waals surface area contributed by atoms with E-state index < -0.39 is 6.10 Å². The highest BCUT2D eigenvalue weighted by Crippen LogP contribution is 2.15. The molecule has 0 unspecified atom stereocenters. The molecule has 1 heterocycles. The molecule has 0 radical (unpaired) electrons. The minimum absolute atomic E-state index is 0.0959. The molecule has 0 aliphatic carbocycles. The molecule has 5 heteroatoms. The first kappa shape index (κ1) is 16.9. The van der Waals surface area contributed by atoms with Crippen molar-refractivity contribution in [3.8, 4) is 0 Å². The van der Waals surface area contributed by atoms with Crippen molar-refractivity contribution in [2.75, 3.05) is 13.2 Å². The smallest absolute Gasteiger partial charge is 0.249 e. The number of benzene rings is 1. The predicted octanol–water partition coefficient (Wildman–Crippen LogP) is 2.98. The fourth-order valence-electron chi connectivity index (χ4n) is 2.43. The van der Waals surface area contributed by atoms with Crippen LogP contribution >= 0.6 is 0 Å². The Bertz CT molecular complexity index is 471. The molecular formula is C17H24FNO3. The van der Waals surface area contributed by atoms with E-state index in [9.17, 15) is 9.18 Å².